The highest BCUT2D eigenvalue weighted by Crippen LogP contribution is 2.20. The summed E-state index contributed by atoms with van der Waals surface area (Å²) in [7, 11) is 1.59. The lowest BCUT2D eigenvalue weighted by Gasteiger charge is -2.07. The van der Waals surface area contributed by atoms with Gasteiger partial charge in [-0.15, -0.1) is 0 Å². The number of benzene rings is 2. The van der Waals surface area contributed by atoms with Gasteiger partial charge < -0.3 is 10.1 Å². The zero-order chi connectivity index (χ0) is 16.8. The Morgan fingerprint density at radius 2 is 2.09 bits per heavy atom. The second-order valence-electron chi connectivity index (χ2n) is 4.86. The number of hydrogen-bond donors (Lipinski definition) is 1. The molecule has 0 saturated carbocycles. The summed E-state index contributed by atoms with van der Waals surface area (Å²) in [6.07, 6.45) is 1.57. The van der Waals surface area contributed by atoms with Gasteiger partial charge in [-0.05, 0) is 54.5 Å². The first-order chi connectivity index (χ1) is 11.0. The molecule has 23 heavy (non-hydrogen) atoms. The number of halogens is 1. The normalized spacial score (nSPS) is 10.8. The Labute approximate surface area is 143 Å². The van der Waals surface area contributed by atoms with E-state index in [1.54, 1.807) is 31.4 Å². The minimum atomic E-state index is -0.444. The first kappa shape index (κ1) is 16.8. The van der Waals surface area contributed by atoms with Crippen molar-refractivity contribution >= 4 is 33.6 Å². The minimum absolute atomic E-state index is 0.0400. The molecule has 0 fully saturated rings. The smallest absolute Gasteiger partial charge is 0.266 e. The maximum atomic E-state index is 12.3. The first-order valence-electron chi connectivity index (χ1n) is 6.87. The number of nitrogens with one attached hydrogen (secondary N) is 1. The molecule has 0 radical (unpaired) electrons. The van der Waals surface area contributed by atoms with Crippen LogP contribution in [-0.2, 0) is 4.79 Å². The maximum absolute atomic E-state index is 12.3. The largest absolute Gasteiger partial charge is 0.497 e. The maximum Gasteiger partial charge on any atom is 0.266 e. The van der Waals surface area contributed by atoms with Gasteiger partial charge in [-0.3, -0.25) is 4.79 Å². The molecule has 0 unspecified atom stereocenters. The van der Waals surface area contributed by atoms with Crippen LogP contribution in [0.3, 0.4) is 0 Å². The average Bonchev–Trinajstić information content (AvgIpc) is 2.53. The third kappa shape index (κ3) is 4.44. The lowest BCUT2D eigenvalue weighted by Crippen LogP contribution is -2.13. The van der Waals surface area contributed by atoms with E-state index in [0.717, 1.165) is 21.3 Å². The van der Waals surface area contributed by atoms with Gasteiger partial charge in [0.25, 0.3) is 5.91 Å². The number of nitrogens with zero attached hydrogens (tertiary/aromatic N) is 1. The quantitative estimate of drug-likeness (QED) is 0.644. The van der Waals surface area contributed by atoms with E-state index in [9.17, 15) is 10.1 Å². The number of ether oxygens (including phenoxy) is 1. The molecule has 0 aliphatic carbocycles. The fourth-order valence-electron chi connectivity index (χ4n) is 2.01. The van der Waals surface area contributed by atoms with Crippen LogP contribution in [0.4, 0.5) is 5.69 Å². The van der Waals surface area contributed by atoms with Gasteiger partial charge in [0, 0.05) is 10.2 Å². The highest BCUT2D eigenvalue weighted by atomic mass is 79.9. The summed E-state index contributed by atoms with van der Waals surface area (Å²) in [5, 5.41) is 12.0. The van der Waals surface area contributed by atoms with Gasteiger partial charge in [0.15, 0.2) is 0 Å². The van der Waals surface area contributed by atoms with Crippen molar-refractivity contribution in [2.45, 2.75) is 6.92 Å². The second kappa shape index (κ2) is 7.61. The number of hydrogen-bond acceptors (Lipinski definition) is 3. The fraction of sp³-hybridized carbons (Fsp3) is 0.111. The van der Waals surface area contributed by atoms with Crippen LogP contribution >= 0.6 is 15.9 Å². The highest BCUT2D eigenvalue weighted by molar-refractivity contribution is 9.10. The van der Waals surface area contributed by atoms with Crippen molar-refractivity contribution in [3.8, 4) is 11.8 Å². The van der Waals surface area contributed by atoms with Gasteiger partial charge in [-0.25, -0.2) is 0 Å². The van der Waals surface area contributed by atoms with Crippen molar-refractivity contribution in [3.05, 3.63) is 63.6 Å². The predicted molar refractivity (Wildman–Crippen MR) is 94.1 cm³/mol. The van der Waals surface area contributed by atoms with E-state index in [1.807, 2.05) is 37.3 Å². The number of rotatable bonds is 4. The van der Waals surface area contributed by atoms with Crippen LogP contribution in [0.5, 0.6) is 5.75 Å². The van der Waals surface area contributed by atoms with Gasteiger partial charge in [-0.2, -0.15) is 5.26 Å². The van der Waals surface area contributed by atoms with E-state index in [-0.39, 0.29) is 5.57 Å². The molecule has 1 amide bonds. The van der Waals surface area contributed by atoms with Crippen LogP contribution in [0.15, 0.2) is 52.5 Å². The first-order valence-corrected chi connectivity index (χ1v) is 7.66. The van der Waals surface area contributed by atoms with E-state index in [4.69, 9.17) is 4.74 Å². The molecular weight excluding hydrogens is 356 g/mol. The van der Waals surface area contributed by atoms with Gasteiger partial charge >= 0.3 is 0 Å². The van der Waals surface area contributed by atoms with E-state index < -0.39 is 5.91 Å². The van der Waals surface area contributed by atoms with Crippen LogP contribution in [0, 0.1) is 18.3 Å². The summed E-state index contributed by atoms with van der Waals surface area (Å²) >= 11 is 3.34. The second-order valence-corrected chi connectivity index (χ2v) is 5.77. The fourth-order valence-corrected chi connectivity index (χ4v) is 2.41. The number of carbonyl (C=O) groups excluding carboxylic acids is 1. The molecule has 1 N–H and O–H groups in total. The summed E-state index contributed by atoms with van der Waals surface area (Å²) in [6, 6.07) is 14.6. The molecule has 0 bridgehead atoms. The van der Waals surface area contributed by atoms with E-state index in [1.165, 1.54) is 0 Å². The van der Waals surface area contributed by atoms with Crippen molar-refractivity contribution in [2.75, 3.05) is 12.4 Å². The minimum Gasteiger partial charge on any atom is -0.497 e. The summed E-state index contributed by atoms with van der Waals surface area (Å²) in [4.78, 5) is 12.3. The van der Waals surface area contributed by atoms with Crippen molar-refractivity contribution in [1.29, 1.82) is 5.26 Å². The molecule has 5 heteroatoms. The molecule has 2 rings (SSSR count). The summed E-state index contributed by atoms with van der Waals surface area (Å²) in [6.45, 7) is 1.90. The Kier molecular flexibility index (Phi) is 5.56. The van der Waals surface area contributed by atoms with Crippen LogP contribution < -0.4 is 10.1 Å². The van der Waals surface area contributed by atoms with Gasteiger partial charge in [-0.1, -0.05) is 28.1 Å². The Morgan fingerprint density at radius 3 is 2.70 bits per heavy atom. The van der Waals surface area contributed by atoms with Crippen molar-refractivity contribution < 1.29 is 9.53 Å². The van der Waals surface area contributed by atoms with E-state index in [0.29, 0.717) is 5.69 Å². The van der Waals surface area contributed by atoms with Gasteiger partial charge in [0.1, 0.15) is 17.4 Å². The molecule has 0 spiro atoms. The molecule has 2 aromatic rings. The van der Waals surface area contributed by atoms with Crippen molar-refractivity contribution in [2.24, 2.45) is 0 Å². The third-order valence-electron chi connectivity index (χ3n) is 3.22. The average molecular weight is 371 g/mol. The molecule has 0 aliphatic rings. The molecule has 4 nitrogen and oxygen atoms in total. The van der Waals surface area contributed by atoms with Crippen LogP contribution in [0.25, 0.3) is 6.08 Å². The number of carbonyl (C=O) groups is 1. The Morgan fingerprint density at radius 1 is 1.30 bits per heavy atom. The van der Waals surface area contributed by atoms with Crippen molar-refractivity contribution in [1.82, 2.24) is 0 Å². The number of anilines is 1. The molecule has 116 valence electrons. The van der Waals surface area contributed by atoms with Crippen LogP contribution in [-0.4, -0.2) is 13.0 Å². The summed E-state index contributed by atoms with van der Waals surface area (Å²) in [5.41, 5.74) is 2.38. The van der Waals surface area contributed by atoms with Crippen LogP contribution in [0.1, 0.15) is 11.1 Å². The third-order valence-corrected chi connectivity index (χ3v) is 3.72. The number of nitriles is 1. The highest BCUT2D eigenvalue weighted by Gasteiger charge is 2.10. The van der Waals surface area contributed by atoms with Gasteiger partial charge in [0.05, 0.1) is 7.11 Å². The monoisotopic (exact) mass is 370 g/mol. The Bertz CT molecular complexity index is 807. The zero-order valence-electron chi connectivity index (χ0n) is 12.8. The Balaban J connectivity index is 2.25. The van der Waals surface area contributed by atoms with E-state index >= 15 is 0 Å². The topological polar surface area (TPSA) is 62.1 Å². The standard InChI is InChI=1S/C18H15BrN2O2/c1-12-8-17(23-2)7-6-13(12)9-14(11-20)18(22)21-16-5-3-4-15(19)10-16/h3-10H,1-2H3,(H,21,22)/b14-9-. The molecule has 0 heterocycles. The SMILES string of the molecule is COc1ccc(/C=C(/C#N)C(=O)Nc2cccc(Br)c2)c(C)c1. The van der Waals surface area contributed by atoms with Gasteiger partial charge in [0.2, 0.25) is 0 Å². The number of methoxy groups -OCH3 is 1. The van der Waals surface area contributed by atoms with E-state index in [2.05, 4.69) is 21.2 Å². The number of amides is 1. The molecule has 0 atom stereocenters. The Hall–Kier alpha value is -2.58. The van der Waals surface area contributed by atoms with Crippen LogP contribution in [0.2, 0.25) is 0 Å². The zero-order valence-corrected chi connectivity index (χ0v) is 14.3. The summed E-state index contributed by atoms with van der Waals surface area (Å²) < 4.78 is 6.00. The molecule has 0 aromatic heterocycles. The lowest BCUT2D eigenvalue weighted by molar-refractivity contribution is -0.112. The lowest BCUT2D eigenvalue weighted by atomic mass is 10.1. The molecule has 0 aliphatic heterocycles. The number of aryl methyl sites for hydroxylation is 1. The van der Waals surface area contributed by atoms with Crippen molar-refractivity contribution in [3.63, 3.8) is 0 Å². The summed E-state index contributed by atoms with van der Waals surface area (Å²) in [5.74, 6) is 0.289. The molecular formula is C18H15BrN2O2. The molecule has 2 aromatic carbocycles. The predicted octanol–water partition coefficient (Wildman–Crippen LogP) is 4.31. The molecule has 0 saturated heterocycles.